The van der Waals surface area contributed by atoms with Crippen LogP contribution in [0.25, 0.3) is 0 Å². The van der Waals surface area contributed by atoms with Crippen LogP contribution in [-0.2, 0) is 0 Å². The van der Waals surface area contributed by atoms with Crippen LogP contribution in [0.4, 0.5) is 5.69 Å². The van der Waals surface area contributed by atoms with E-state index < -0.39 is 0 Å². The molecule has 5 heteroatoms. The molecular weight excluding hydrogens is 367 g/mol. The topological polar surface area (TPSA) is 49.5 Å². The molecule has 0 heterocycles. The molecule has 2 aromatic carbocycles. The van der Waals surface area contributed by atoms with E-state index >= 15 is 0 Å². The van der Waals surface area contributed by atoms with Gasteiger partial charge in [0.1, 0.15) is 5.75 Å². The molecule has 0 aliphatic rings. The largest absolute Gasteiger partial charge is 0.508 e. The second kappa shape index (κ2) is 11.3. The van der Waals surface area contributed by atoms with Gasteiger partial charge >= 0.3 is 0 Å². The van der Waals surface area contributed by atoms with Crippen LogP contribution in [0, 0.1) is 0 Å². The van der Waals surface area contributed by atoms with Gasteiger partial charge in [0.15, 0.2) is 0 Å². The lowest BCUT2D eigenvalue weighted by atomic mass is 9.87. The number of hydrogen-bond donors (Lipinski definition) is 2. The zero-order valence-electron chi connectivity index (χ0n) is 16.1. The number of halogens is 2. The van der Waals surface area contributed by atoms with Crippen molar-refractivity contribution in [2.45, 2.75) is 52.1 Å². The second-order valence-electron chi connectivity index (χ2n) is 7.00. The summed E-state index contributed by atoms with van der Waals surface area (Å²) >= 11 is 0. The number of anilines is 1. The van der Waals surface area contributed by atoms with E-state index in [4.69, 9.17) is 5.73 Å². The molecule has 0 radical (unpaired) electrons. The Labute approximate surface area is 170 Å². The number of phenols is 1. The predicted octanol–water partition coefficient (Wildman–Crippen LogP) is 5.46. The van der Waals surface area contributed by atoms with Crippen LogP contribution in [0.3, 0.4) is 0 Å². The highest BCUT2D eigenvalue weighted by atomic mass is 35.5. The van der Waals surface area contributed by atoms with E-state index in [1.54, 1.807) is 12.1 Å². The fourth-order valence-electron chi connectivity index (χ4n) is 3.43. The number of aromatic hydroxyl groups is 1. The van der Waals surface area contributed by atoms with Crippen molar-refractivity contribution in [3.05, 3.63) is 59.7 Å². The molecule has 0 bridgehead atoms. The van der Waals surface area contributed by atoms with Gasteiger partial charge in [-0.15, -0.1) is 24.8 Å². The van der Waals surface area contributed by atoms with Crippen LogP contribution in [0.5, 0.6) is 5.75 Å². The SMILES string of the molecule is CC(C)N(CCC(c1ccccc1)c1cc(N)ccc1O)C(C)C.Cl.Cl. The van der Waals surface area contributed by atoms with Gasteiger partial charge in [0.2, 0.25) is 0 Å². The van der Waals surface area contributed by atoms with Crippen LogP contribution in [-0.4, -0.2) is 28.6 Å². The Bertz CT molecular complexity index is 640. The summed E-state index contributed by atoms with van der Waals surface area (Å²) in [6.45, 7) is 9.90. The molecule has 3 N–H and O–H groups in total. The molecule has 3 nitrogen and oxygen atoms in total. The van der Waals surface area contributed by atoms with Crippen molar-refractivity contribution < 1.29 is 5.11 Å². The Morgan fingerprint density at radius 2 is 1.50 bits per heavy atom. The lowest BCUT2D eigenvalue weighted by Crippen LogP contribution is -2.38. The summed E-state index contributed by atoms with van der Waals surface area (Å²) in [6, 6.07) is 16.7. The highest BCUT2D eigenvalue weighted by molar-refractivity contribution is 5.85. The molecule has 146 valence electrons. The van der Waals surface area contributed by atoms with Crippen molar-refractivity contribution in [3.63, 3.8) is 0 Å². The summed E-state index contributed by atoms with van der Waals surface area (Å²) in [6.07, 6.45) is 0.942. The summed E-state index contributed by atoms with van der Waals surface area (Å²) in [5.41, 5.74) is 8.79. The summed E-state index contributed by atoms with van der Waals surface area (Å²) in [4.78, 5) is 2.49. The Morgan fingerprint density at radius 3 is 2.04 bits per heavy atom. The van der Waals surface area contributed by atoms with Crippen molar-refractivity contribution in [1.82, 2.24) is 4.90 Å². The summed E-state index contributed by atoms with van der Waals surface area (Å²) in [5, 5.41) is 10.4. The first-order valence-electron chi connectivity index (χ1n) is 8.79. The summed E-state index contributed by atoms with van der Waals surface area (Å²) in [7, 11) is 0. The molecule has 2 aromatic rings. The Hall–Kier alpha value is -1.42. The number of phenolic OH excluding ortho intramolecular Hbond substituents is 1. The number of nitrogen functional groups attached to an aromatic ring is 1. The van der Waals surface area contributed by atoms with Crippen molar-refractivity contribution in [3.8, 4) is 5.75 Å². The summed E-state index contributed by atoms with van der Waals surface area (Å²) in [5.74, 6) is 0.452. The first-order chi connectivity index (χ1) is 11.4. The van der Waals surface area contributed by atoms with Gasteiger partial charge in [-0.3, -0.25) is 4.90 Å². The molecule has 0 aromatic heterocycles. The Kier molecular flexibility index (Phi) is 10.7. The molecule has 0 saturated heterocycles. The molecule has 0 saturated carbocycles. The molecular formula is C21H32Cl2N2O. The first-order valence-corrected chi connectivity index (χ1v) is 8.79. The van der Waals surface area contributed by atoms with Gasteiger partial charge in [-0.1, -0.05) is 30.3 Å². The van der Waals surface area contributed by atoms with E-state index in [2.05, 4.69) is 44.7 Å². The van der Waals surface area contributed by atoms with Crippen molar-refractivity contribution >= 4 is 30.5 Å². The van der Waals surface area contributed by atoms with Crippen LogP contribution in [0.2, 0.25) is 0 Å². The van der Waals surface area contributed by atoms with Gasteiger partial charge in [-0.05, 0) is 64.4 Å². The third-order valence-corrected chi connectivity index (χ3v) is 4.63. The third-order valence-electron chi connectivity index (χ3n) is 4.63. The standard InChI is InChI=1S/C21H30N2O.2ClH/c1-15(2)23(16(3)4)13-12-19(17-8-6-5-7-9-17)20-14-18(22)10-11-21(20)24;;/h5-11,14-16,19,24H,12-13,22H2,1-4H3;2*1H. The minimum atomic E-state index is 0. The summed E-state index contributed by atoms with van der Waals surface area (Å²) < 4.78 is 0. The average molecular weight is 399 g/mol. The van der Waals surface area contributed by atoms with Gasteiger partial charge in [-0.2, -0.15) is 0 Å². The minimum absolute atomic E-state index is 0. The molecule has 0 aliphatic carbocycles. The molecule has 26 heavy (non-hydrogen) atoms. The molecule has 0 fully saturated rings. The fraction of sp³-hybridized carbons (Fsp3) is 0.429. The van der Waals surface area contributed by atoms with Gasteiger partial charge in [0.25, 0.3) is 0 Å². The normalized spacial score (nSPS) is 12.0. The number of nitrogens with two attached hydrogens (primary N) is 1. The third kappa shape index (κ3) is 6.39. The molecule has 0 spiro atoms. The van der Waals surface area contributed by atoms with E-state index in [-0.39, 0.29) is 30.7 Å². The number of benzene rings is 2. The predicted molar refractivity (Wildman–Crippen MR) is 117 cm³/mol. The number of rotatable bonds is 7. The molecule has 1 unspecified atom stereocenters. The van der Waals surface area contributed by atoms with Gasteiger partial charge in [0, 0.05) is 29.3 Å². The van der Waals surface area contributed by atoms with Crippen molar-refractivity contribution in [2.24, 2.45) is 0 Å². The van der Waals surface area contributed by atoms with Gasteiger partial charge in [0.05, 0.1) is 0 Å². The molecule has 1 atom stereocenters. The van der Waals surface area contributed by atoms with E-state index in [1.165, 1.54) is 5.56 Å². The van der Waals surface area contributed by atoms with E-state index in [1.807, 2.05) is 24.3 Å². The number of hydrogen-bond acceptors (Lipinski definition) is 3. The lowest BCUT2D eigenvalue weighted by molar-refractivity contribution is 0.170. The zero-order chi connectivity index (χ0) is 17.7. The van der Waals surface area contributed by atoms with E-state index in [0.29, 0.717) is 23.5 Å². The first kappa shape index (κ1) is 24.6. The highest BCUT2D eigenvalue weighted by Gasteiger charge is 2.21. The van der Waals surface area contributed by atoms with Crippen LogP contribution < -0.4 is 5.73 Å². The van der Waals surface area contributed by atoms with Crippen LogP contribution in [0.1, 0.15) is 51.2 Å². The average Bonchev–Trinajstić information content (AvgIpc) is 2.54. The highest BCUT2D eigenvalue weighted by Crippen LogP contribution is 2.35. The smallest absolute Gasteiger partial charge is 0.119 e. The second-order valence-corrected chi connectivity index (χ2v) is 7.00. The molecule has 0 aliphatic heterocycles. The van der Waals surface area contributed by atoms with Crippen LogP contribution in [0.15, 0.2) is 48.5 Å². The maximum absolute atomic E-state index is 10.4. The van der Waals surface area contributed by atoms with Gasteiger partial charge in [-0.25, -0.2) is 0 Å². The zero-order valence-corrected chi connectivity index (χ0v) is 17.7. The van der Waals surface area contributed by atoms with E-state index in [9.17, 15) is 5.11 Å². The maximum Gasteiger partial charge on any atom is 0.119 e. The quantitative estimate of drug-likeness (QED) is 0.480. The maximum atomic E-state index is 10.4. The van der Waals surface area contributed by atoms with Crippen molar-refractivity contribution in [1.29, 1.82) is 0 Å². The monoisotopic (exact) mass is 398 g/mol. The number of nitrogens with zero attached hydrogens (tertiary/aromatic N) is 1. The fourth-order valence-corrected chi connectivity index (χ4v) is 3.43. The van der Waals surface area contributed by atoms with Gasteiger partial charge < -0.3 is 10.8 Å². The lowest BCUT2D eigenvalue weighted by Gasteiger charge is -2.32. The van der Waals surface area contributed by atoms with E-state index in [0.717, 1.165) is 18.5 Å². The molecule has 2 rings (SSSR count). The minimum Gasteiger partial charge on any atom is -0.508 e. The Morgan fingerprint density at radius 1 is 0.923 bits per heavy atom. The molecule has 0 amide bonds. The van der Waals surface area contributed by atoms with Crippen molar-refractivity contribution in [2.75, 3.05) is 12.3 Å². The van der Waals surface area contributed by atoms with Crippen LogP contribution >= 0.6 is 24.8 Å². The Balaban J connectivity index is 0.00000312.